The average molecular weight is 426 g/mol. The summed E-state index contributed by atoms with van der Waals surface area (Å²) in [4.78, 5) is 4.35. The number of rotatable bonds is 5. The van der Waals surface area contributed by atoms with Crippen LogP contribution < -0.4 is 9.47 Å². The molecule has 32 heavy (non-hydrogen) atoms. The molecule has 2 aromatic carbocycles. The zero-order valence-corrected chi connectivity index (χ0v) is 16.9. The van der Waals surface area contributed by atoms with Gasteiger partial charge in [-0.15, -0.1) is 10.2 Å². The summed E-state index contributed by atoms with van der Waals surface area (Å²) >= 11 is 0. The van der Waals surface area contributed by atoms with Gasteiger partial charge in [0, 0.05) is 23.2 Å². The molecular weight excluding hydrogens is 411 g/mol. The number of hydrogen-bond acceptors (Lipinski definition) is 7. The van der Waals surface area contributed by atoms with Crippen LogP contribution in [-0.2, 0) is 6.61 Å². The van der Waals surface area contributed by atoms with Gasteiger partial charge >= 0.3 is 0 Å². The molecule has 0 aliphatic heterocycles. The largest absolute Gasteiger partial charge is 0.497 e. The number of halogens is 1. The molecule has 0 unspecified atom stereocenters. The third kappa shape index (κ3) is 3.44. The summed E-state index contributed by atoms with van der Waals surface area (Å²) in [5, 5.41) is 22.6. The van der Waals surface area contributed by atoms with E-state index in [2.05, 4.69) is 20.3 Å². The van der Waals surface area contributed by atoms with Crippen LogP contribution in [0.5, 0.6) is 11.5 Å². The van der Waals surface area contributed by atoms with Crippen LogP contribution >= 0.6 is 0 Å². The van der Waals surface area contributed by atoms with Gasteiger partial charge < -0.3 is 9.47 Å². The number of hydrogen-bond donors (Lipinski definition) is 0. The number of nitrogens with zero attached hydrogens (tertiary/aromatic N) is 6. The van der Waals surface area contributed by atoms with Crippen LogP contribution in [0.25, 0.3) is 27.8 Å². The molecule has 0 N–H and O–H groups in total. The van der Waals surface area contributed by atoms with Crippen LogP contribution in [0.15, 0.2) is 60.8 Å². The van der Waals surface area contributed by atoms with E-state index in [4.69, 9.17) is 14.7 Å². The topological polar surface area (TPSA) is 98.2 Å². The summed E-state index contributed by atoms with van der Waals surface area (Å²) in [6.07, 6.45) is 1.66. The molecule has 3 aromatic heterocycles. The Labute approximate surface area is 181 Å². The highest BCUT2D eigenvalue weighted by Gasteiger charge is 2.12. The SMILES string of the molecule is COc1ccc2c(OCc3nnc4ccc(-c5ccc(C#N)c(F)c5)nn34)ccnc2c1. The molecule has 0 spiro atoms. The molecule has 0 aliphatic rings. The van der Waals surface area contributed by atoms with E-state index in [9.17, 15) is 4.39 Å². The summed E-state index contributed by atoms with van der Waals surface area (Å²) in [5.74, 6) is 1.23. The Morgan fingerprint density at radius 1 is 1.06 bits per heavy atom. The minimum absolute atomic E-state index is 0.0181. The van der Waals surface area contributed by atoms with Crippen LogP contribution in [-0.4, -0.2) is 31.9 Å². The lowest BCUT2D eigenvalue weighted by molar-refractivity contribution is 0.296. The molecule has 0 radical (unpaired) electrons. The number of fused-ring (bicyclic) bond motifs is 2. The van der Waals surface area contributed by atoms with Crippen molar-refractivity contribution in [3.63, 3.8) is 0 Å². The molecule has 5 rings (SSSR count). The van der Waals surface area contributed by atoms with Crippen LogP contribution in [0.3, 0.4) is 0 Å². The smallest absolute Gasteiger partial charge is 0.192 e. The predicted molar refractivity (Wildman–Crippen MR) is 114 cm³/mol. The molecule has 0 fully saturated rings. The summed E-state index contributed by atoms with van der Waals surface area (Å²) in [5.41, 5.74) is 2.32. The first kappa shape index (κ1) is 19.4. The monoisotopic (exact) mass is 426 g/mol. The van der Waals surface area contributed by atoms with Gasteiger partial charge in [0.2, 0.25) is 0 Å². The van der Waals surface area contributed by atoms with E-state index in [1.165, 1.54) is 12.1 Å². The summed E-state index contributed by atoms with van der Waals surface area (Å²) in [6.45, 7) is 0.116. The van der Waals surface area contributed by atoms with Crippen molar-refractivity contribution in [3.8, 4) is 28.8 Å². The standard InChI is InChI=1S/C23H15FN6O2/c1-31-16-4-5-17-20(11-16)26-9-8-21(17)32-13-23-28-27-22-7-6-19(29-30(22)23)14-2-3-15(12-25)18(24)10-14/h2-11H,13H2,1H3. The number of aromatic nitrogens is 5. The zero-order valence-electron chi connectivity index (χ0n) is 16.9. The van der Waals surface area contributed by atoms with Gasteiger partial charge in [-0.25, -0.2) is 4.39 Å². The molecule has 8 nitrogen and oxygen atoms in total. The van der Waals surface area contributed by atoms with Crippen molar-refractivity contribution < 1.29 is 13.9 Å². The van der Waals surface area contributed by atoms with Crippen molar-refractivity contribution in [1.29, 1.82) is 5.26 Å². The Morgan fingerprint density at radius 3 is 2.78 bits per heavy atom. The molecular formula is C23H15FN6O2. The quantitative estimate of drug-likeness (QED) is 0.420. The fourth-order valence-corrected chi connectivity index (χ4v) is 3.34. The second-order valence-electron chi connectivity index (χ2n) is 6.89. The Balaban J connectivity index is 1.46. The summed E-state index contributed by atoms with van der Waals surface area (Å²) < 4.78 is 26.8. The van der Waals surface area contributed by atoms with Gasteiger partial charge in [0.25, 0.3) is 0 Å². The van der Waals surface area contributed by atoms with Crippen LogP contribution in [0, 0.1) is 17.1 Å². The lowest BCUT2D eigenvalue weighted by atomic mass is 10.1. The highest BCUT2D eigenvalue weighted by molar-refractivity contribution is 5.85. The lowest BCUT2D eigenvalue weighted by Crippen LogP contribution is -2.05. The highest BCUT2D eigenvalue weighted by atomic mass is 19.1. The Morgan fingerprint density at radius 2 is 1.97 bits per heavy atom. The predicted octanol–water partition coefficient (Wildman–Crippen LogP) is 3.94. The van der Waals surface area contributed by atoms with Crippen molar-refractivity contribution in [2.24, 2.45) is 0 Å². The van der Waals surface area contributed by atoms with E-state index in [-0.39, 0.29) is 12.2 Å². The first-order valence-corrected chi connectivity index (χ1v) is 9.63. The van der Waals surface area contributed by atoms with Crippen LogP contribution in [0.4, 0.5) is 4.39 Å². The molecule has 5 aromatic rings. The first-order valence-electron chi connectivity index (χ1n) is 9.63. The Kier molecular flexibility index (Phi) is 4.80. The molecule has 0 aliphatic carbocycles. The van der Waals surface area contributed by atoms with Crippen LogP contribution in [0.2, 0.25) is 0 Å². The third-order valence-electron chi connectivity index (χ3n) is 4.98. The van der Waals surface area contributed by atoms with E-state index in [1.807, 2.05) is 24.3 Å². The number of pyridine rings is 1. The second kappa shape index (κ2) is 7.92. The molecule has 3 heterocycles. The highest BCUT2D eigenvalue weighted by Crippen LogP contribution is 2.28. The molecule has 9 heteroatoms. The van der Waals surface area contributed by atoms with Crippen molar-refractivity contribution >= 4 is 16.6 Å². The molecule has 0 amide bonds. The van der Waals surface area contributed by atoms with Gasteiger partial charge in [0.05, 0.1) is 23.9 Å². The normalized spacial score (nSPS) is 10.9. The van der Waals surface area contributed by atoms with Gasteiger partial charge in [-0.2, -0.15) is 14.9 Å². The number of benzene rings is 2. The maximum Gasteiger partial charge on any atom is 0.192 e. The number of ether oxygens (including phenoxy) is 2. The average Bonchev–Trinajstić information content (AvgIpc) is 3.24. The van der Waals surface area contributed by atoms with Gasteiger partial charge in [0.15, 0.2) is 11.5 Å². The number of methoxy groups -OCH3 is 1. The van der Waals surface area contributed by atoms with Gasteiger partial charge in [-0.1, -0.05) is 6.07 Å². The maximum absolute atomic E-state index is 14.0. The summed E-state index contributed by atoms with van der Waals surface area (Å²) in [7, 11) is 1.60. The van der Waals surface area contributed by atoms with E-state index < -0.39 is 5.82 Å². The van der Waals surface area contributed by atoms with Gasteiger partial charge in [-0.3, -0.25) is 4.98 Å². The van der Waals surface area contributed by atoms with Crippen LogP contribution in [0.1, 0.15) is 11.4 Å². The molecule has 0 saturated heterocycles. The fourth-order valence-electron chi connectivity index (χ4n) is 3.34. The molecule has 156 valence electrons. The minimum Gasteiger partial charge on any atom is -0.497 e. The van der Waals surface area contributed by atoms with E-state index >= 15 is 0 Å². The third-order valence-corrected chi connectivity index (χ3v) is 4.98. The summed E-state index contributed by atoms with van der Waals surface area (Å²) in [6, 6.07) is 17.0. The molecule has 0 atom stereocenters. The zero-order chi connectivity index (χ0) is 22.1. The maximum atomic E-state index is 14.0. The van der Waals surface area contributed by atoms with Crippen molar-refractivity contribution in [2.75, 3.05) is 7.11 Å². The van der Waals surface area contributed by atoms with Crippen molar-refractivity contribution in [1.82, 2.24) is 24.8 Å². The van der Waals surface area contributed by atoms with Gasteiger partial charge in [-0.05, 0) is 42.5 Å². The lowest BCUT2D eigenvalue weighted by Gasteiger charge is -2.09. The molecule has 0 saturated carbocycles. The van der Waals surface area contributed by atoms with Crippen molar-refractivity contribution in [2.45, 2.75) is 6.61 Å². The minimum atomic E-state index is -0.597. The van der Waals surface area contributed by atoms with E-state index in [1.54, 1.807) is 42.1 Å². The van der Waals surface area contributed by atoms with E-state index in [0.29, 0.717) is 34.2 Å². The van der Waals surface area contributed by atoms with Gasteiger partial charge in [0.1, 0.15) is 30.0 Å². The fraction of sp³-hybridized carbons (Fsp3) is 0.0870. The van der Waals surface area contributed by atoms with E-state index in [0.717, 1.165) is 10.9 Å². The first-order chi connectivity index (χ1) is 15.7. The molecule has 0 bridgehead atoms. The number of nitriles is 1. The Hall–Kier alpha value is -4.58. The Bertz CT molecular complexity index is 1510. The van der Waals surface area contributed by atoms with Crippen molar-refractivity contribution in [3.05, 3.63) is 78.0 Å². The second-order valence-corrected chi connectivity index (χ2v) is 6.89.